The quantitative estimate of drug-likeness (QED) is 0.841. The van der Waals surface area contributed by atoms with E-state index >= 15 is 0 Å². The summed E-state index contributed by atoms with van der Waals surface area (Å²) in [5, 5.41) is 14.1. The molecule has 1 aromatic rings. The average molecular weight is 362 g/mol. The summed E-state index contributed by atoms with van der Waals surface area (Å²) in [4.78, 5) is 19.9. The Hall–Kier alpha value is -1.95. The lowest BCUT2D eigenvalue weighted by Crippen LogP contribution is -2.50. The fourth-order valence-corrected chi connectivity index (χ4v) is 4.11. The molecular weight excluding hydrogens is 335 g/mol. The summed E-state index contributed by atoms with van der Waals surface area (Å²) >= 11 is 0. The molecule has 2 atom stereocenters. The summed E-state index contributed by atoms with van der Waals surface area (Å²) in [6.45, 7) is 6.74. The van der Waals surface area contributed by atoms with Crippen LogP contribution in [0.4, 0.5) is 4.39 Å². The number of rotatable bonds is 6. The smallest absolute Gasteiger partial charge is 0.311 e. The third-order valence-corrected chi connectivity index (χ3v) is 5.26. The van der Waals surface area contributed by atoms with E-state index in [2.05, 4.69) is 23.9 Å². The largest absolute Gasteiger partial charge is 0.481 e. The topological polar surface area (TPSA) is 62.1 Å². The maximum atomic E-state index is 13.1. The van der Waals surface area contributed by atoms with Crippen molar-refractivity contribution in [1.29, 1.82) is 0 Å². The molecule has 6 heteroatoms. The number of benzene rings is 1. The summed E-state index contributed by atoms with van der Waals surface area (Å²) < 4.78 is 13.1. The van der Waals surface area contributed by atoms with Crippen LogP contribution in [0.3, 0.4) is 0 Å². The molecule has 1 saturated heterocycles. The number of nitrogens with zero attached hydrogens (tertiary/aromatic N) is 2. The van der Waals surface area contributed by atoms with Gasteiger partial charge in [0, 0.05) is 25.9 Å². The summed E-state index contributed by atoms with van der Waals surface area (Å²) in [5.41, 5.74) is 0.791. The molecule has 0 amide bonds. The number of carbonyl (C=O) groups is 1. The molecule has 0 aromatic heterocycles. The van der Waals surface area contributed by atoms with Gasteiger partial charge in [-0.3, -0.25) is 4.79 Å². The van der Waals surface area contributed by atoms with Crippen molar-refractivity contribution in [3.05, 3.63) is 35.6 Å². The van der Waals surface area contributed by atoms with Crippen LogP contribution < -0.4 is 0 Å². The van der Waals surface area contributed by atoms with Crippen LogP contribution in [0.1, 0.15) is 45.1 Å². The van der Waals surface area contributed by atoms with Crippen molar-refractivity contribution in [1.82, 2.24) is 4.90 Å². The monoisotopic (exact) mass is 362 g/mol. The van der Waals surface area contributed by atoms with Gasteiger partial charge in [0.1, 0.15) is 11.9 Å². The Morgan fingerprint density at radius 2 is 2.15 bits per heavy atom. The first kappa shape index (κ1) is 18.8. The SMILES string of the molecule is CC(C)CN1CCC[C@](C[C@@H]2CC(c3ccc(F)cc3)=NO2)(C(=O)O)C1. The Morgan fingerprint density at radius 1 is 1.42 bits per heavy atom. The Bertz CT molecular complexity index is 674. The van der Waals surface area contributed by atoms with Gasteiger partial charge < -0.3 is 14.8 Å². The van der Waals surface area contributed by atoms with Gasteiger partial charge in [-0.05, 0) is 43.0 Å². The van der Waals surface area contributed by atoms with E-state index in [1.165, 1.54) is 12.1 Å². The van der Waals surface area contributed by atoms with Crippen LogP contribution >= 0.6 is 0 Å². The van der Waals surface area contributed by atoms with Crippen molar-refractivity contribution in [2.75, 3.05) is 19.6 Å². The van der Waals surface area contributed by atoms with Crippen molar-refractivity contribution in [2.45, 2.75) is 45.6 Å². The molecule has 2 heterocycles. The number of aliphatic carboxylic acids is 1. The van der Waals surface area contributed by atoms with E-state index in [0.717, 1.165) is 30.8 Å². The van der Waals surface area contributed by atoms with Crippen LogP contribution in [0.2, 0.25) is 0 Å². The normalized spacial score (nSPS) is 26.6. The molecule has 5 nitrogen and oxygen atoms in total. The molecule has 1 N–H and O–H groups in total. The summed E-state index contributed by atoms with van der Waals surface area (Å²) in [6, 6.07) is 6.15. The number of oxime groups is 1. The molecule has 1 fully saturated rings. The second-order valence-electron chi connectivity index (χ2n) is 8.00. The number of likely N-dealkylation sites (tertiary alicyclic amines) is 1. The third kappa shape index (κ3) is 4.23. The van der Waals surface area contributed by atoms with Gasteiger partial charge in [0.15, 0.2) is 0 Å². The minimum atomic E-state index is -0.786. The highest BCUT2D eigenvalue weighted by atomic mass is 19.1. The zero-order valence-corrected chi connectivity index (χ0v) is 15.4. The van der Waals surface area contributed by atoms with Gasteiger partial charge in [-0.2, -0.15) is 0 Å². The van der Waals surface area contributed by atoms with Crippen molar-refractivity contribution in [2.24, 2.45) is 16.5 Å². The van der Waals surface area contributed by atoms with Gasteiger partial charge in [0.2, 0.25) is 0 Å². The van der Waals surface area contributed by atoms with Crippen LogP contribution in [0.5, 0.6) is 0 Å². The van der Waals surface area contributed by atoms with Crippen molar-refractivity contribution in [3.63, 3.8) is 0 Å². The van der Waals surface area contributed by atoms with Crippen LogP contribution in [0.25, 0.3) is 0 Å². The molecule has 2 aliphatic rings. The summed E-state index contributed by atoms with van der Waals surface area (Å²) in [6.07, 6.45) is 2.32. The van der Waals surface area contributed by atoms with Crippen LogP contribution in [0.15, 0.2) is 29.4 Å². The number of carboxylic acid groups (broad SMARTS) is 1. The van der Waals surface area contributed by atoms with E-state index in [9.17, 15) is 14.3 Å². The molecule has 2 aliphatic heterocycles. The highest BCUT2D eigenvalue weighted by Gasteiger charge is 2.45. The molecule has 0 aliphatic carbocycles. The third-order valence-electron chi connectivity index (χ3n) is 5.26. The number of halogens is 1. The first-order chi connectivity index (χ1) is 12.4. The van der Waals surface area contributed by atoms with Crippen LogP contribution in [-0.2, 0) is 9.63 Å². The summed E-state index contributed by atoms with van der Waals surface area (Å²) in [5.74, 6) is -0.525. The Kier molecular flexibility index (Phi) is 5.61. The van der Waals surface area contributed by atoms with E-state index in [4.69, 9.17) is 4.84 Å². The van der Waals surface area contributed by atoms with Gasteiger partial charge in [-0.25, -0.2) is 4.39 Å². The lowest BCUT2D eigenvalue weighted by Gasteiger charge is -2.41. The van der Waals surface area contributed by atoms with Gasteiger partial charge in [0.05, 0.1) is 11.1 Å². The minimum Gasteiger partial charge on any atom is -0.481 e. The number of carboxylic acids is 1. The number of hydrogen-bond donors (Lipinski definition) is 1. The van der Waals surface area contributed by atoms with E-state index < -0.39 is 11.4 Å². The molecule has 3 rings (SSSR count). The fourth-order valence-electron chi connectivity index (χ4n) is 4.11. The van der Waals surface area contributed by atoms with Gasteiger partial charge in [0.25, 0.3) is 0 Å². The fraction of sp³-hybridized carbons (Fsp3) is 0.600. The minimum absolute atomic E-state index is 0.245. The number of hydrogen-bond acceptors (Lipinski definition) is 4. The van der Waals surface area contributed by atoms with Crippen molar-refractivity contribution in [3.8, 4) is 0 Å². The number of piperidine rings is 1. The molecule has 0 saturated carbocycles. The molecule has 0 radical (unpaired) electrons. The molecule has 0 unspecified atom stereocenters. The summed E-state index contributed by atoms with van der Waals surface area (Å²) in [7, 11) is 0. The predicted molar refractivity (Wildman–Crippen MR) is 97.6 cm³/mol. The molecule has 0 bridgehead atoms. The second kappa shape index (κ2) is 7.74. The maximum Gasteiger partial charge on any atom is 0.311 e. The van der Waals surface area contributed by atoms with Crippen LogP contribution in [-0.4, -0.2) is 47.4 Å². The van der Waals surface area contributed by atoms with Crippen molar-refractivity contribution >= 4 is 11.7 Å². The van der Waals surface area contributed by atoms with Gasteiger partial charge >= 0.3 is 5.97 Å². The molecule has 1 aromatic carbocycles. The lowest BCUT2D eigenvalue weighted by molar-refractivity contribution is -0.155. The first-order valence-electron chi connectivity index (χ1n) is 9.32. The van der Waals surface area contributed by atoms with E-state index in [1.54, 1.807) is 12.1 Å². The first-order valence-corrected chi connectivity index (χ1v) is 9.32. The highest BCUT2D eigenvalue weighted by Crippen LogP contribution is 2.38. The van der Waals surface area contributed by atoms with E-state index in [0.29, 0.717) is 31.7 Å². The highest BCUT2D eigenvalue weighted by molar-refractivity contribution is 6.01. The average Bonchev–Trinajstić information content (AvgIpc) is 3.03. The van der Waals surface area contributed by atoms with E-state index in [-0.39, 0.29) is 11.9 Å². The predicted octanol–water partition coefficient (Wildman–Crippen LogP) is 3.53. The Balaban J connectivity index is 1.66. The van der Waals surface area contributed by atoms with Gasteiger partial charge in [-0.15, -0.1) is 0 Å². The molecule has 26 heavy (non-hydrogen) atoms. The molecule has 142 valence electrons. The Morgan fingerprint density at radius 3 is 2.81 bits per heavy atom. The standard InChI is InChI=1S/C20H27FN2O3/c1-14(2)12-23-9-3-8-20(13-23,19(24)25)11-17-10-18(22-26-17)15-4-6-16(21)7-5-15/h4-7,14,17H,3,8-13H2,1-2H3,(H,24,25)/t17-,20+/m0/s1. The molecule has 0 spiro atoms. The van der Waals surface area contributed by atoms with Crippen LogP contribution in [0, 0.1) is 17.2 Å². The van der Waals surface area contributed by atoms with Crippen molar-refractivity contribution < 1.29 is 19.1 Å². The second-order valence-corrected chi connectivity index (χ2v) is 8.00. The zero-order valence-electron chi connectivity index (χ0n) is 15.4. The van der Waals surface area contributed by atoms with Gasteiger partial charge in [-0.1, -0.05) is 31.1 Å². The zero-order chi connectivity index (χ0) is 18.7. The Labute approximate surface area is 153 Å². The molecular formula is C20H27FN2O3. The van der Waals surface area contributed by atoms with E-state index in [1.807, 2.05) is 0 Å². The maximum absolute atomic E-state index is 13.1. The lowest BCUT2D eigenvalue weighted by atomic mass is 9.74.